The fourth-order valence-corrected chi connectivity index (χ4v) is 1.09. The van der Waals surface area contributed by atoms with E-state index in [2.05, 4.69) is 11.8 Å². The monoisotopic (exact) mass is 221 g/mol. The lowest BCUT2D eigenvalue weighted by molar-refractivity contribution is -0.137. The van der Waals surface area contributed by atoms with Gasteiger partial charge in [0.1, 0.15) is 0 Å². The third-order valence-corrected chi connectivity index (χ3v) is 1.91. The molecule has 0 saturated carbocycles. The molecule has 0 radical (unpaired) electrons. The summed E-state index contributed by atoms with van der Waals surface area (Å²) in [5.74, 6) is 3.77. The molecule has 0 aliphatic heterocycles. The number of hydrogen-bond acceptors (Lipinski definition) is 2. The first-order valence-corrected chi connectivity index (χ1v) is 4.77. The number of halogens is 1. The molecule has 3 nitrogen and oxygen atoms in total. The van der Waals surface area contributed by atoms with Crippen molar-refractivity contribution in [3.63, 3.8) is 0 Å². The molecule has 1 aromatic rings. The van der Waals surface area contributed by atoms with Gasteiger partial charge in [-0.25, -0.2) is 4.39 Å². The van der Waals surface area contributed by atoms with Crippen LogP contribution in [0.1, 0.15) is 12.0 Å². The van der Waals surface area contributed by atoms with Crippen LogP contribution in [-0.2, 0) is 4.79 Å². The maximum atomic E-state index is 13.3. The Labute approximate surface area is 93.1 Å². The van der Waals surface area contributed by atoms with Crippen LogP contribution >= 0.6 is 0 Å². The third-order valence-electron chi connectivity index (χ3n) is 1.91. The molecule has 0 heterocycles. The molecule has 0 aliphatic rings. The fraction of sp³-hybridized carbons (Fsp3) is 0.250. The van der Waals surface area contributed by atoms with E-state index in [-0.39, 0.29) is 0 Å². The van der Waals surface area contributed by atoms with Crippen LogP contribution in [0.3, 0.4) is 0 Å². The molecule has 84 valence electrons. The van der Waals surface area contributed by atoms with Crippen molar-refractivity contribution in [2.24, 2.45) is 5.73 Å². The molecule has 0 saturated heterocycles. The van der Waals surface area contributed by atoms with E-state index in [1.165, 1.54) is 0 Å². The minimum atomic E-state index is -1.63. The second-order valence-corrected chi connectivity index (χ2v) is 3.30. The van der Waals surface area contributed by atoms with Gasteiger partial charge in [-0.15, -0.1) is 0 Å². The number of aliphatic carboxylic acids is 1. The third kappa shape index (κ3) is 4.11. The highest BCUT2D eigenvalue weighted by atomic mass is 19.1. The number of carbonyl (C=O) groups is 1. The number of hydrogen-bond donors (Lipinski definition) is 2. The highest BCUT2D eigenvalue weighted by Gasteiger charge is 2.17. The Balaban J connectivity index is 2.61. The summed E-state index contributed by atoms with van der Waals surface area (Å²) in [5, 5.41) is 8.42. The molecule has 0 aromatic heterocycles. The topological polar surface area (TPSA) is 63.3 Å². The molecule has 1 rings (SSSR count). The van der Waals surface area contributed by atoms with E-state index in [9.17, 15) is 9.18 Å². The molecule has 2 atom stereocenters. The van der Waals surface area contributed by atoms with Gasteiger partial charge in [-0.3, -0.25) is 4.79 Å². The second-order valence-electron chi connectivity index (χ2n) is 3.30. The average Bonchev–Trinajstić information content (AvgIpc) is 2.26. The zero-order valence-electron chi connectivity index (χ0n) is 8.56. The summed E-state index contributed by atoms with van der Waals surface area (Å²) in [5.41, 5.74) is 6.00. The maximum absolute atomic E-state index is 13.3. The summed E-state index contributed by atoms with van der Waals surface area (Å²) in [4.78, 5) is 10.3. The number of rotatable bonds is 3. The normalized spacial score (nSPS) is 13.4. The molecule has 0 fully saturated rings. The summed E-state index contributed by atoms with van der Waals surface area (Å²) < 4.78 is 13.3. The number of benzene rings is 1. The predicted molar refractivity (Wildman–Crippen MR) is 58.4 cm³/mol. The van der Waals surface area contributed by atoms with Crippen molar-refractivity contribution in [1.82, 2.24) is 0 Å². The molecule has 1 aromatic carbocycles. The summed E-state index contributed by atoms with van der Waals surface area (Å²) in [6.45, 7) is 0. The Bertz CT molecular complexity index is 408. The van der Waals surface area contributed by atoms with Gasteiger partial charge in [0.2, 0.25) is 0 Å². The van der Waals surface area contributed by atoms with Gasteiger partial charge in [-0.2, -0.15) is 0 Å². The fourth-order valence-electron chi connectivity index (χ4n) is 1.09. The Morgan fingerprint density at radius 1 is 1.44 bits per heavy atom. The largest absolute Gasteiger partial charge is 0.481 e. The average molecular weight is 221 g/mol. The lowest BCUT2D eigenvalue weighted by atomic mass is 10.1. The van der Waals surface area contributed by atoms with Gasteiger partial charge in [0.15, 0.2) is 6.17 Å². The van der Waals surface area contributed by atoms with Gasteiger partial charge >= 0.3 is 5.97 Å². The highest BCUT2D eigenvalue weighted by molar-refractivity contribution is 5.67. The van der Waals surface area contributed by atoms with E-state index in [4.69, 9.17) is 10.8 Å². The van der Waals surface area contributed by atoms with Crippen molar-refractivity contribution in [3.05, 3.63) is 35.9 Å². The van der Waals surface area contributed by atoms with Crippen molar-refractivity contribution in [1.29, 1.82) is 0 Å². The van der Waals surface area contributed by atoms with Crippen LogP contribution in [0.5, 0.6) is 0 Å². The molecule has 4 heteroatoms. The van der Waals surface area contributed by atoms with Crippen molar-refractivity contribution in [2.45, 2.75) is 18.6 Å². The first-order chi connectivity index (χ1) is 7.59. The Morgan fingerprint density at radius 3 is 2.62 bits per heavy atom. The van der Waals surface area contributed by atoms with Crippen molar-refractivity contribution < 1.29 is 14.3 Å². The molecule has 0 spiro atoms. The second kappa shape index (κ2) is 5.89. The quantitative estimate of drug-likeness (QED) is 0.753. The smallest absolute Gasteiger partial charge is 0.305 e. The number of alkyl halides is 1. The maximum Gasteiger partial charge on any atom is 0.305 e. The Hall–Kier alpha value is -1.86. The summed E-state index contributed by atoms with van der Waals surface area (Å²) >= 11 is 0. The minimum absolute atomic E-state index is 0.426. The molecule has 3 N–H and O–H groups in total. The number of carboxylic acid groups (broad SMARTS) is 1. The van der Waals surface area contributed by atoms with E-state index >= 15 is 0 Å². The lowest BCUT2D eigenvalue weighted by Crippen LogP contribution is -2.33. The first-order valence-electron chi connectivity index (χ1n) is 4.77. The van der Waals surface area contributed by atoms with Crippen molar-refractivity contribution in [3.8, 4) is 11.8 Å². The van der Waals surface area contributed by atoms with Crippen molar-refractivity contribution in [2.75, 3.05) is 0 Å². The van der Waals surface area contributed by atoms with E-state index in [0.29, 0.717) is 5.56 Å². The van der Waals surface area contributed by atoms with Gasteiger partial charge in [-0.1, -0.05) is 30.0 Å². The zero-order chi connectivity index (χ0) is 12.0. The predicted octanol–water partition coefficient (Wildman–Crippen LogP) is 1.18. The van der Waals surface area contributed by atoms with Gasteiger partial charge < -0.3 is 10.8 Å². The van der Waals surface area contributed by atoms with Crippen LogP contribution < -0.4 is 5.73 Å². The standard InChI is InChI=1S/C12H12FNO2/c13-10(11(14)8-12(15)16)7-6-9-4-2-1-3-5-9/h1-5,10-11H,8,14H2,(H,15,16)/t10-,11-/m1/s1. The van der Waals surface area contributed by atoms with Crippen LogP contribution in [-0.4, -0.2) is 23.3 Å². The first kappa shape index (κ1) is 12.2. The van der Waals surface area contributed by atoms with Crippen LogP contribution in [0.15, 0.2) is 30.3 Å². The molecular weight excluding hydrogens is 209 g/mol. The summed E-state index contributed by atoms with van der Waals surface area (Å²) in [6.07, 6.45) is -2.05. The zero-order valence-corrected chi connectivity index (χ0v) is 8.56. The molecule has 16 heavy (non-hydrogen) atoms. The molecular formula is C12H12FNO2. The highest BCUT2D eigenvalue weighted by Crippen LogP contribution is 2.01. The van der Waals surface area contributed by atoms with Gasteiger partial charge in [0.25, 0.3) is 0 Å². The van der Waals surface area contributed by atoms with E-state index in [0.717, 1.165) is 0 Å². The van der Waals surface area contributed by atoms with Crippen LogP contribution in [0.4, 0.5) is 4.39 Å². The Morgan fingerprint density at radius 2 is 2.06 bits per heavy atom. The van der Waals surface area contributed by atoms with E-state index in [1.54, 1.807) is 24.3 Å². The SMILES string of the molecule is N[C@H](CC(=O)O)[C@H](F)C#Cc1ccccc1. The molecule has 0 aliphatic carbocycles. The van der Waals surface area contributed by atoms with E-state index in [1.807, 2.05) is 6.07 Å². The Kier molecular flexibility index (Phi) is 4.49. The van der Waals surface area contributed by atoms with Gasteiger partial charge in [0, 0.05) is 5.56 Å². The minimum Gasteiger partial charge on any atom is -0.481 e. The molecule has 0 amide bonds. The van der Waals surface area contributed by atoms with E-state index < -0.39 is 24.6 Å². The summed E-state index contributed by atoms with van der Waals surface area (Å²) in [7, 11) is 0. The molecule has 0 unspecified atom stereocenters. The van der Waals surface area contributed by atoms with Gasteiger partial charge in [-0.05, 0) is 12.1 Å². The lowest BCUT2D eigenvalue weighted by Gasteiger charge is -2.08. The summed E-state index contributed by atoms with van der Waals surface area (Å²) in [6, 6.07) is 7.79. The number of carboxylic acids is 1. The number of nitrogens with two attached hydrogens (primary N) is 1. The van der Waals surface area contributed by atoms with Gasteiger partial charge in [0.05, 0.1) is 12.5 Å². The van der Waals surface area contributed by atoms with Crippen LogP contribution in [0, 0.1) is 11.8 Å². The van der Waals surface area contributed by atoms with Crippen LogP contribution in [0.25, 0.3) is 0 Å². The van der Waals surface area contributed by atoms with Crippen molar-refractivity contribution >= 4 is 5.97 Å². The molecule has 0 bridgehead atoms. The van der Waals surface area contributed by atoms with Crippen LogP contribution in [0.2, 0.25) is 0 Å².